The van der Waals surface area contributed by atoms with Gasteiger partial charge in [0.25, 0.3) is 0 Å². The van der Waals surface area contributed by atoms with Crippen LogP contribution in [-0.4, -0.2) is 0 Å². The maximum atomic E-state index is 3.82. The quantitative estimate of drug-likeness (QED) is 0.373. The summed E-state index contributed by atoms with van der Waals surface area (Å²) in [7, 11) is 0. The highest BCUT2D eigenvalue weighted by Crippen LogP contribution is 2.31. The van der Waals surface area contributed by atoms with Crippen LogP contribution in [0.4, 0.5) is 0 Å². The van der Waals surface area contributed by atoms with Crippen LogP contribution in [0.25, 0.3) is 0 Å². The second-order valence-electron chi connectivity index (χ2n) is 6.14. The molecule has 122 valence electrons. The summed E-state index contributed by atoms with van der Waals surface area (Å²) in [6, 6.07) is 26.4. The van der Waals surface area contributed by atoms with Crippen LogP contribution < -0.4 is 0 Å². The van der Waals surface area contributed by atoms with Crippen LogP contribution in [0.2, 0.25) is 0 Å². The molecular formula is C22H20Br2. The van der Waals surface area contributed by atoms with Gasteiger partial charge in [0, 0.05) is 5.33 Å². The molecule has 0 saturated heterocycles. The lowest BCUT2D eigenvalue weighted by atomic mass is 9.99. The van der Waals surface area contributed by atoms with Gasteiger partial charge in [-0.2, -0.15) is 0 Å². The average Bonchev–Trinajstić information content (AvgIpc) is 2.63. The third kappa shape index (κ3) is 4.37. The molecule has 0 aliphatic heterocycles. The molecule has 0 bridgehead atoms. The van der Waals surface area contributed by atoms with Crippen LogP contribution in [0, 0.1) is 6.92 Å². The molecule has 0 aliphatic carbocycles. The summed E-state index contributed by atoms with van der Waals surface area (Å²) >= 11 is 7.31. The van der Waals surface area contributed by atoms with Crippen LogP contribution in [0.5, 0.6) is 0 Å². The SMILES string of the molecule is Cc1ccc(C(Br)c2ccc(Cc3ccc(CBr)cc3)cc2)cc1. The lowest BCUT2D eigenvalue weighted by Gasteiger charge is -2.12. The van der Waals surface area contributed by atoms with Crippen molar-refractivity contribution in [1.82, 2.24) is 0 Å². The lowest BCUT2D eigenvalue weighted by molar-refractivity contribution is 1.14. The highest BCUT2D eigenvalue weighted by molar-refractivity contribution is 9.09. The van der Waals surface area contributed by atoms with E-state index in [0.29, 0.717) is 0 Å². The second-order valence-corrected chi connectivity index (χ2v) is 7.62. The first-order valence-corrected chi connectivity index (χ1v) is 10.1. The third-order valence-corrected chi connectivity index (χ3v) is 5.93. The van der Waals surface area contributed by atoms with Crippen LogP contribution in [0.3, 0.4) is 0 Å². The molecule has 0 nitrogen and oxygen atoms in total. The first kappa shape index (κ1) is 17.4. The van der Waals surface area contributed by atoms with Gasteiger partial charge in [-0.3, -0.25) is 0 Å². The zero-order valence-corrected chi connectivity index (χ0v) is 16.8. The number of halogens is 2. The number of benzene rings is 3. The Morgan fingerprint density at radius 2 is 1.08 bits per heavy atom. The fraction of sp³-hybridized carbons (Fsp3) is 0.182. The maximum Gasteiger partial charge on any atom is 0.0644 e. The van der Waals surface area contributed by atoms with E-state index in [1.54, 1.807) is 0 Å². The second kappa shape index (κ2) is 8.13. The van der Waals surface area contributed by atoms with Gasteiger partial charge in [0.1, 0.15) is 0 Å². The Morgan fingerprint density at radius 3 is 1.58 bits per heavy atom. The van der Waals surface area contributed by atoms with E-state index in [1.807, 2.05) is 0 Å². The van der Waals surface area contributed by atoms with Crippen molar-refractivity contribution in [2.24, 2.45) is 0 Å². The van der Waals surface area contributed by atoms with Gasteiger partial charge in [0.05, 0.1) is 4.83 Å². The predicted molar refractivity (Wildman–Crippen MR) is 110 cm³/mol. The highest BCUT2D eigenvalue weighted by atomic mass is 79.9. The van der Waals surface area contributed by atoms with Crippen molar-refractivity contribution in [2.75, 3.05) is 0 Å². The molecule has 0 spiro atoms. The third-order valence-electron chi connectivity index (χ3n) is 4.23. The fourth-order valence-corrected chi connectivity index (χ4v) is 3.70. The molecule has 1 unspecified atom stereocenters. The van der Waals surface area contributed by atoms with Crippen LogP contribution >= 0.6 is 31.9 Å². The predicted octanol–water partition coefficient (Wildman–Crippen LogP) is 6.97. The van der Waals surface area contributed by atoms with E-state index < -0.39 is 0 Å². The standard InChI is InChI=1S/C22H20Br2/c1-16-2-10-20(11-3-16)22(24)21-12-8-18(9-13-21)14-17-4-6-19(15-23)7-5-17/h2-13,22H,14-15H2,1H3. The molecule has 3 aromatic rings. The average molecular weight is 444 g/mol. The van der Waals surface area contributed by atoms with Gasteiger partial charge < -0.3 is 0 Å². The number of hydrogen-bond acceptors (Lipinski definition) is 0. The van der Waals surface area contributed by atoms with Crippen LogP contribution in [0.1, 0.15) is 38.2 Å². The molecule has 0 aromatic heterocycles. The minimum Gasteiger partial charge on any atom is -0.0876 e. The van der Waals surface area contributed by atoms with Crippen molar-refractivity contribution in [2.45, 2.75) is 23.5 Å². The van der Waals surface area contributed by atoms with E-state index in [1.165, 1.54) is 33.4 Å². The lowest BCUT2D eigenvalue weighted by Crippen LogP contribution is -1.94. The summed E-state index contributed by atoms with van der Waals surface area (Å²) in [5.74, 6) is 0. The summed E-state index contributed by atoms with van der Waals surface area (Å²) in [6.07, 6.45) is 0.973. The van der Waals surface area contributed by atoms with E-state index in [4.69, 9.17) is 0 Å². The monoisotopic (exact) mass is 442 g/mol. The van der Waals surface area contributed by atoms with Crippen molar-refractivity contribution in [3.63, 3.8) is 0 Å². The molecule has 0 radical (unpaired) electrons. The topological polar surface area (TPSA) is 0 Å². The molecule has 0 saturated carbocycles. The van der Waals surface area contributed by atoms with Gasteiger partial charge in [0.15, 0.2) is 0 Å². The van der Waals surface area contributed by atoms with E-state index >= 15 is 0 Å². The number of rotatable bonds is 5. The van der Waals surface area contributed by atoms with Gasteiger partial charge in [-0.1, -0.05) is 110 Å². The summed E-state index contributed by atoms with van der Waals surface area (Å²) in [5, 5.41) is 0.910. The molecule has 3 rings (SSSR count). The van der Waals surface area contributed by atoms with Crippen LogP contribution in [-0.2, 0) is 11.8 Å². The van der Waals surface area contributed by atoms with E-state index in [9.17, 15) is 0 Å². The Labute approximate surface area is 161 Å². The molecule has 0 N–H and O–H groups in total. The fourth-order valence-electron chi connectivity index (χ4n) is 2.71. The smallest absolute Gasteiger partial charge is 0.0644 e. The van der Waals surface area contributed by atoms with Gasteiger partial charge >= 0.3 is 0 Å². The molecular weight excluding hydrogens is 424 g/mol. The highest BCUT2D eigenvalue weighted by Gasteiger charge is 2.10. The van der Waals surface area contributed by atoms with Gasteiger partial charge in [-0.25, -0.2) is 0 Å². The van der Waals surface area contributed by atoms with Crippen molar-refractivity contribution in [3.05, 3.63) is 106 Å². The van der Waals surface area contributed by atoms with Gasteiger partial charge in [-0.15, -0.1) is 0 Å². The number of alkyl halides is 2. The minimum absolute atomic E-state index is 0.241. The Morgan fingerprint density at radius 1 is 0.667 bits per heavy atom. The van der Waals surface area contributed by atoms with Gasteiger partial charge in [0.2, 0.25) is 0 Å². The van der Waals surface area contributed by atoms with Gasteiger partial charge in [-0.05, 0) is 41.2 Å². The zero-order chi connectivity index (χ0) is 16.9. The summed E-state index contributed by atoms with van der Waals surface area (Å²) in [4.78, 5) is 0.241. The molecule has 3 aromatic carbocycles. The normalized spacial score (nSPS) is 12.1. The van der Waals surface area contributed by atoms with Crippen molar-refractivity contribution < 1.29 is 0 Å². The molecule has 24 heavy (non-hydrogen) atoms. The first-order chi connectivity index (χ1) is 11.7. The van der Waals surface area contributed by atoms with Crippen molar-refractivity contribution in [3.8, 4) is 0 Å². The first-order valence-electron chi connectivity index (χ1n) is 8.09. The molecule has 2 heteroatoms. The molecule has 0 heterocycles. The summed E-state index contributed by atoms with van der Waals surface area (Å²) in [6.45, 7) is 2.12. The number of aryl methyl sites for hydroxylation is 1. The minimum atomic E-state index is 0.241. The van der Waals surface area contributed by atoms with Crippen molar-refractivity contribution >= 4 is 31.9 Å². The molecule has 1 atom stereocenters. The largest absolute Gasteiger partial charge is 0.0876 e. The van der Waals surface area contributed by atoms with E-state index in [-0.39, 0.29) is 4.83 Å². The number of hydrogen-bond donors (Lipinski definition) is 0. The molecule has 0 fully saturated rings. The summed E-state index contributed by atoms with van der Waals surface area (Å²) < 4.78 is 0. The van der Waals surface area contributed by atoms with Crippen molar-refractivity contribution in [1.29, 1.82) is 0 Å². The molecule has 0 aliphatic rings. The Balaban J connectivity index is 1.71. The maximum absolute atomic E-state index is 3.82. The Hall–Kier alpha value is -1.38. The zero-order valence-electron chi connectivity index (χ0n) is 13.7. The Kier molecular flexibility index (Phi) is 5.91. The molecule has 0 amide bonds. The summed E-state index contributed by atoms with van der Waals surface area (Å²) in [5.41, 5.74) is 7.88. The van der Waals surface area contributed by atoms with Crippen LogP contribution in [0.15, 0.2) is 72.8 Å². The van der Waals surface area contributed by atoms with E-state index in [0.717, 1.165) is 11.8 Å². The van der Waals surface area contributed by atoms with E-state index in [2.05, 4.69) is 112 Å². The Bertz CT molecular complexity index is 772.